The molecule has 0 saturated heterocycles. The number of hydrogen-bond donors (Lipinski definition) is 2. The predicted octanol–water partition coefficient (Wildman–Crippen LogP) is 0.627. The molecule has 0 heterocycles. The lowest BCUT2D eigenvalue weighted by Gasteiger charge is -1.93. The van der Waals surface area contributed by atoms with E-state index < -0.39 is 5.97 Å². The van der Waals surface area contributed by atoms with Gasteiger partial charge < -0.3 is 10.4 Å². The molecule has 0 unspecified atom stereocenters. The number of hydrogen-bond acceptors (Lipinski definition) is 2. The van der Waals surface area contributed by atoms with Gasteiger partial charge in [0.05, 0.1) is 0 Å². The van der Waals surface area contributed by atoms with E-state index in [-0.39, 0.29) is 0 Å². The molecule has 0 saturated carbocycles. The van der Waals surface area contributed by atoms with Crippen molar-refractivity contribution in [3.05, 3.63) is 11.6 Å². The van der Waals surface area contributed by atoms with E-state index in [9.17, 15) is 4.79 Å². The van der Waals surface area contributed by atoms with Crippen LogP contribution < -0.4 is 5.32 Å². The highest BCUT2D eigenvalue weighted by Gasteiger charge is 1.96. The lowest BCUT2D eigenvalue weighted by atomic mass is 10.2. The molecule has 0 aromatic heterocycles. The predicted molar refractivity (Wildman–Crippen MR) is 39.9 cm³/mol. The fourth-order valence-electron chi connectivity index (χ4n) is 0.520. The SMILES string of the molecule is CNCCC=C(C)C(=O)O. The van der Waals surface area contributed by atoms with Gasteiger partial charge in [0.25, 0.3) is 0 Å². The zero-order chi connectivity index (χ0) is 7.98. The van der Waals surface area contributed by atoms with E-state index in [0.29, 0.717) is 5.57 Å². The van der Waals surface area contributed by atoms with Crippen LogP contribution in [0.1, 0.15) is 13.3 Å². The van der Waals surface area contributed by atoms with E-state index >= 15 is 0 Å². The highest BCUT2D eigenvalue weighted by molar-refractivity contribution is 5.85. The second-order valence-corrected chi connectivity index (χ2v) is 2.08. The molecule has 58 valence electrons. The molecule has 0 fully saturated rings. The van der Waals surface area contributed by atoms with Gasteiger partial charge in [-0.05, 0) is 26.9 Å². The normalized spacial score (nSPS) is 11.6. The Morgan fingerprint density at radius 2 is 2.30 bits per heavy atom. The zero-order valence-electron chi connectivity index (χ0n) is 6.35. The summed E-state index contributed by atoms with van der Waals surface area (Å²) in [4.78, 5) is 10.2. The van der Waals surface area contributed by atoms with Gasteiger partial charge in [0.1, 0.15) is 0 Å². The van der Waals surface area contributed by atoms with Gasteiger partial charge in [-0.1, -0.05) is 6.08 Å². The molecular weight excluding hydrogens is 130 g/mol. The molecule has 10 heavy (non-hydrogen) atoms. The van der Waals surface area contributed by atoms with Crippen molar-refractivity contribution in [1.82, 2.24) is 5.32 Å². The zero-order valence-corrected chi connectivity index (χ0v) is 6.35. The number of carboxylic acids is 1. The van der Waals surface area contributed by atoms with Crippen molar-refractivity contribution < 1.29 is 9.90 Å². The van der Waals surface area contributed by atoms with E-state index in [4.69, 9.17) is 5.11 Å². The van der Waals surface area contributed by atoms with Crippen LogP contribution in [-0.4, -0.2) is 24.7 Å². The van der Waals surface area contributed by atoms with Crippen LogP contribution in [0.2, 0.25) is 0 Å². The van der Waals surface area contributed by atoms with E-state index in [1.807, 2.05) is 7.05 Å². The van der Waals surface area contributed by atoms with Crippen molar-refractivity contribution in [2.45, 2.75) is 13.3 Å². The van der Waals surface area contributed by atoms with Crippen LogP contribution >= 0.6 is 0 Å². The van der Waals surface area contributed by atoms with Crippen LogP contribution in [0, 0.1) is 0 Å². The summed E-state index contributed by atoms with van der Waals surface area (Å²) in [7, 11) is 1.84. The second-order valence-electron chi connectivity index (χ2n) is 2.08. The summed E-state index contributed by atoms with van der Waals surface area (Å²) >= 11 is 0. The number of nitrogens with one attached hydrogen (secondary N) is 1. The lowest BCUT2D eigenvalue weighted by molar-refractivity contribution is -0.132. The van der Waals surface area contributed by atoms with E-state index in [0.717, 1.165) is 13.0 Å². The minimum atomic E-state index is -0.837. The first-order valence-electron chi connectivity index (χ1n) is 3.23. The average molecular weight is 143 g/mol. The number of rotatable bonds is 4. The van der Waals surface area contributed by atoms with Crippen LogP contribution in [0.4, 0.5) is 0 Å². The molecule has 0 aliphatic rings. The molecule has 0 aliphatic carbocycles. The van der Waals surface area contributed by atoms with Gasteiger partial charge in [-0.15, -0.1) is 0 Å². The maximum Gasteiger partial charge on any atom is 0.330 e. The fraction of sp³-hybridized carbons (Fsp3) is 0.571. The van der Waals surface area contributed by atoms with Crippen LogP contribution in [-0.2, 0) is 4.79 Å². The highest BCUT2D eigenvalue weighted by Crippen LogP contribution is 1.93. The first-order chi connectivity index (χ1) is 4.68. The molecule has 0 aromatic carbocycles. The Hall–Kier alpha value is -0.830. The summed E-state index contributed by atoms with van der Waals surface area (Å²) in [5, 5.41) is 11.3. The molecule has 0 atom stereocenters. The minimum absolute atomic E-state index is 0.412. The smallest absolute Gasteiger partial charge is 0.330 e. The molecule has 0 bridgehead atoms. The fourth-order valence-corrected chi connectivity index (χ4v) is 0.520. The monoisotopic (exact) mass is 143 g/mol. The summed E-state index contributed by atoms with van der Waals surface area (Å²) in [6, 6.07) is 0. The van der Waals surface area contributed by atoms with Crippen molar-refractivity contribution in [3.8, 4) is 0 Å². The maximum absolute atomic E-state index is 10.2. The van der Waals surface area contributed by atoms with Crippen molar-refractivity contribution >= 4 is 5.97 Å². The topological polar surface area (TPSA) is 49.3 Å². The molecule has 0 radical (unpaired) electrons. The highest BCUT2D eigenvalue weighted by atomic mass is 16.4. The quantitative estimate of drug-likeness (QED) is 0.448. The van der Waals surface area contributed by atoms with E-state index in [1.54, 1.807) is 13.0 Å². The minimum Gasteiger partial charge on any atom is -0.478 e. The Balaban J connectivity index is 3.58. The van der Waals surface area contributed by atoms with Gasteiger partial charge in [0.15, 0.2) is 0 Å². The number of aliphatic carboxylic acids is 1. The van der Waals surface area contributed by atoms with E-state index in [1.165, 1.54) is 0 Å². The van der Waals surface area contributed by atoms with Crippen molar-refractivity contribution in [2.24, 2.45) is 0 Å². The van der Waals surface area contributed by atoms with Crippen LogP contribution in [0.15, 0.2) is 11.6 Å². The molecule has 0 aliphatic heterocycles. The van der Waals surface area contributed by atoms with Gasteiger partial charge in [-0.3, -0.25) is 0 Å². The van der Waals surface area contributed by atoms with Crippen LogP contribution in [0.3, 0.4) is 0 Å². The Morgan fingerprint density at radius 1 is 1.70 bits per heavy atom. The maximum atomic E-state index is 10.2. The van der Waals surface area contributed by atoms with Crippen LogP contribution in [0.5, 0.6) is 0 Å². The first kappa shape index (κ1) is 9.17. The van der Waals surface area contributed by atoms with Gasteiger partial charge in [-0.2, -0.15) is 0 Å². The molecule has 0 amide bonds. The number of carboxylic acid groups (broad SMARTS) is 1. The largest absolute Gasteiger partial charge is 0.478 e. The number of carbonyl (C=O) groups is 1. The standard InChI is InChI=1S/C7H13NO2/c1-6(7(9)10)4-3-5-8-2/h4,8H,3,5H2,1-2H3,(H,9,10). The van der Waals surface area contributed by atoms with Gasteiger partial charge >= 0.3 is 5.97 Å². The summed E-state index contributed by atoms with van der Waals surface area (Å²) in [6.45, 7) is 2.42. The Labute approximate surface area is 60.7 Å². The van der Waals surface area contributed by atoms with Crippen LogP contribution in [0.25, 0.3) is 0 Å². The molecular formula is C7H13NO2. The molecule has 0 aromatic rings. The second kappa shape index (κ2) is 4.99. The van der Waals surface area contributed by atoms with Gasteiger partial charge in [-0.25, -0.2) is 4.79 Å². The van der Waals surface area contributed by atoms with E-state index in [2.05, 4.69) is 5.32 Å². The van der Waals surface area contributed by atoms with Gasteiger partial charge in [0, 0.05) is 5.57 Å². The van der Waals surface area contributed by atoms with Crippen molar-refractivity contribution in [3.63, 3.8) is 0 Å². The molecule has 0 spiro atoms. The molecule has 2 N–H and O–H groups in total. The van der Waals surface area contributed by atoms with Crippen molar-refractivity contribution in [1.29, 1.82) is 0 Å². The Kier molecular flexibility index (Phi) is 4.58. The van der Waals surface area contributed by atoms with Gasteiger partial charge in [0.2, 0.25) is 0 Å². The lowest BCUT2D eigenvalue weighted by Crippen LogP contribution is -2.06. The summed E-state index contributed by atoms with van der Waals surface area (Å²) < 4.78 is 0. The third-order valence-corrected chi connectivity index (χ3v) is 1.18. The summed E-state index contributed by atoms with van der Waals surface area (Å²) in [5.41, 5.74) is 0.412. The Morgan fingerprint density at radius 3 is 2.70 bits per heavy atom. The third-order valence-electron chi connectivity index (χ3n) is 1.18. The summed E-state index contributed by atoms with van der Waals surface area (Å²) in [5.74, 6) is -0.837. The molecule has 3 heteroatoms. The first-order valence-corrected chi connectivity index (χ1v) is 3.23. The Bertz CT molecular complexity index is 141. The molecule has 3 nitrogen and oxygen atoms in total. The molecule has 0 rings (SSSR count). The van der Waals surface area contributed by atoms with Crippen molar-refractivity contribution in [2.75, 3.05) is 13.6 Å². The summed E-state index contributed by atoms with van der Waals surface area (Å²) in [6.07, 6.45) is 2.48. The third kappa shape index (κ3) is 4.09. The average Bonchev–Trinajstić information content (AvgIpc) is 1.88.